The van der Waals surface area contributed by atoms with Gasteiger partial charge in [0.25, 0.3) is 0 Å². The van der Waals surface area contributed by atoms with Gasteiger partial charge in [-0.1, -0.05) is 13.8 Å². The molecule has 108 valence electrons. The summed E-state index contributed by atoms with van der Waals surface area (Å²) in [7, 11) is 0. The number of hydrogen-bond acceptors (Lipinski definition) is 4. The molecule has 1 saturated carbocycles. The van der Waals surface area contributed by atoms with Gasteiger partial charge in [-0.25, -0.2) is 0 Å². The predicted molar refractivity (Wildman–Crippen MR) is 70.6 cm³/mol. The summed E-state index contributed by atoms with van der Waals surface area (Å²) in [4.78, 5) is 14.5. The summed E-state index contributed by atoms with van der Waals surface area (Å²) in [6.45, 7) is 6.96. The Morgan fingerprint density at radius 1 is 1.42 bits per heavy atom. The van der Waals surface area contributed by atoms with Gasteiger partial charge in [0.2, 0.25) is 5.91 Å². The Morgan fingerprint density at radius 2 is 2.21 bits per heavy atom. The number of nitrogens with one attached hydrogen (secondary N) is 1. The van der Waals surface area contributed by atoms with Crippen molar-refractivity contribution in [2.75, 3.05) is 26.4 Å². The fraction of sp³-hybridized carbons (Fsp3) is 0.929. The molecule has 2 saturated heterocycles. The Balaban J connectivity index is 1.66. The van der Waals surface area contributed by atoms with Crippen molar-refractivity contribution in [3.63, 3.8) is 0 Å². The van der Waals surface area contributed by atoms with Crippen LogP contribution in [0.3, 0.4) is 0 Å². The highest BCUT2D eigenvalue weighted by atomic mass is 16.6. The molecule has 5 nitrogen and oxygen atoms in total. The van der Waals surface area contributed by atoms with E-state index in [9.17, 15) is 4.79 Å². The van der Waals surface area contributed by atoms with E-state index in [1.807, 2.05) is 4.90 Å². The number of nitrogens with zero attached hydrogens (tertiary/aromatic N) is 1. The highest BCUT2D eigenvalue weighted by Crippen LogP contribution is 2.43. The number of carbonyl (C=O) groups is 1. The van der Waals surface area contributed by atoms with Gasteiger partial charge in [-0.05, 0) is 25.2 Å². The van der Waals surface area contributed by atoms with Crippen LogP contribution in [0.15, 0.2) is 0 Å². The predicted octanol–water partition coefficient (Wildman–Crippen LogP) is 0.738. The monoisotopic (exact) mass is 268 g/mol. The maximum Gasteiger partial charge on any atom is 0.244 e. The fourth-order valence-electron chi connectivity index (χ4n) is 3.06. The van der Waals surface area contributed by atoms with Crippen LogP contribution in [0.4, 0.5) is 0 Å². The van der Waals surface area contributed by atoms with E-state index in [2.05, 4.69) is 19.2 Å². The maximum atomic E-state index is 12.5. The minimum atomic E-state index is -0.227. The van der Waals surface area contributed by atoms with Gasteiger partial charge < -0.3 is 14.4 Å². The minimum Gasteiger partial charge on any atom is -0.376 e. The maximum absolute atomic E-state index is 12.5. The van der Waals surface area contributed by atoms with E-state index < -0.39 is 0 Å². The number of ether oxygens (including phenoxy) is 2. The summed E-state index contributed by atoms with van der Waals surface area (Å²) >= 11 is 0. The average Bonchev–Trinajstić information content (AvgIpc) is 3.11. The number of hydrogen-bond donors (Lipinski definition) is 1. The third kappa shape index (κ3) is 2.64. The summed E-state index contributed by atoms with van der Waals surface area (Å²) in [6.07, 6.45) is 3.17. The largest absolute Gasteiger partial charge is 0.376 e. The van der Waals surface area contributed by atoms with Crippen molar-refractivity contribution in [3.05, 3.63) is 0 Å². The van der Waals surface area contributed by atoms with E-state index in [1.54, 1.807) is 0 Å². The summed E-state index contributed by atoms with van der Waals surface area (Å²) in [5.74, 6) is 0.845. The van der Waals surface area contributed by atoms with Crippen LogP contribution < -0.4 is 5.32 Å². The van der Waals surface area contributed by atoms with Crippen molar-refractivity contribution in [1.29, 1.82) is 0 Å². The first-order chi connectivity index (χ1) is 9.11. The first-order valence-electron chi connectivity index (χ1n) is 7.39. The van der Waals surface area contributed by atoms with Gasteiger partial charge in [-0.2, -0.15) is 0 Å². The molecule has 0 bridgehead atoms. The summed E-state index contributed by atoms with van der Waals surface area (Å²) < 4.78 is 11.1. The van der Waals surface area contributed by atoms with Crippen LogP contribution in [-0.2, 0) is 14.3 Å². The van der Waals surface area contributed by atoms with Crippen LogP contribution in [0.1, 0.15) is 33.1 Å². The van der Waals surface area contributed by atoms with E-state index in [1.165, 1.54) is 0 Å². The summed E-state index contributed by atoms with van der Waals surface area (Å²) in [5, 5.41) is 3.54. The molecule has 1 aliphatic carbocycles. The van der Waals surface area contributed by atoms with Gasteiger partial charge in [0, 0.05) is 0 Å². The van der Waals surface area contributed by atoms with Crippen molar-refractivity contribution in [1.82, 2.24) is 10.2 Å². The molecule has 2 aliphatic heterocycles. The minimum absolute atomic E-state index is 0.0306. The molecule has 2 heterocycles. The lowest BCUT2D eigenvalue weighted by molar-refractivity contribution is -0.138. The van der Waals surface area contributed by atoms with Gasteiger partial charge in [0.1, 0.15) is 0 Å². The van der Waals surface area contributed by atoms with E-state index in [-0.39, 0.29) is 23.7 Å². The molecule has 5 heteroatoms. The number of amides is 1. The Labute approximate surface area is 114 Å². The molecule has 0 aromatic carbocycles. The smallest absolute Gasteiger partial charge is 0.244 e. The molecule has 2 unspecified atom stereocenters. The highest BCUT2D eigenvalue weighted by Gasteiger charge is 2.59. The van der Waals surface area contributed by atoms with Crippen molar-refractivity contribution in [2.45, 2.75) is 50.9 Å². The lowest BCUT2D eigenvalue weighted by Gasteiger charge is -2.31. The second-order valence-corrected chi connectivity index (χ2v) is 6.40. The topological polar surface area (TPSA) is 50.8 Å². The van der Waals surface area contributed by atoms with Crippen LogP contribution in [0.5, 0.6) is 0 Å². The zero-order valence-corrected chi connectivity index (χ0v) is 11.9. The molecule has 0 aromatic heterocycles. The van der Waals surface area contributed by atoms with Gasteiger partial charge in [-0.15, -0.1) is 0 Å². The molecule has 0 aromatic rings. The van der Waals surface area contributed by atoms with Crippen molar-refractivity contribution in [3.8, 4) is 0 Å². The van der Waals surface area contributed by atoms with Crippen LogP contribution in [0.2, 0.25) is 0 Å². The van der Waals surface area contributed by atoms with Gasteiger partial charge in [0.15, 0.2) is 0 Å². The second-order valence-electron chi connectivity index (χ2n) is 6.40. The molecule has 1 spiro atoms. The third-order valence-corrected chi connectivity index (χ3v) is 4.22. The Hall–Kier alpha value is -0.650. The molecule has 19 heavy (non-hydrogen) atoms. The Morgan fingerprint density at radius 3 is 2.79 bits per heavy atom. The quantitative estimate of drug-likeness (QED) is 0.817. The lowest BCUT2D eigenvalue weighted by atomic mass is 10.1. The molecule has 3 rings (SSSR count). The molecule has 3 aliphatic rings. The molecule has 3 fully saturated rings. The Bertz CT molecular complexity index is 349. The highest BCUT2D eigenvalue weighted by molar-refractivity contribution is 5.91. The molecular weight excluding hydrogens is 244 g/mol. The number of carbonyl (C=O) groups excluding carboxylic acids is 1. The average molecular weight is 268 g/mol. The summed E-state index contributed by atoms with van der Waals surface area (Å²) in [6, 6.07) is 0. The Kier molecular flexibility index (Phi) is 3.53. The summed E-state index contributed by atoms with van der Waals surface area (Å²) in [5.41, 5.74) is -0.227. The van der Waals surface area contributed by atoms with Gasteiger partial charge in [-0.3, -0.25) is 10.1 Å². The number of rotatable bonds is 4. The molecule has 0 radical (unpaired) electrons. The van der Waals surface area contributed by atoms with Crippen LogP contribution in [0, 0.1) is 5.92 Å². The van der Waals surface area contributed by atoms with E-state index >= 15 is 0 Å². The second kappa shape index (κ2) is 5.04. The van der Waals surface area contributed by atoms with Crippen LogP contribution >= 0.6 is 0 Å². The van der Waals surface area contributed by atoms with E-state index in [0.717, 1.165) is 19.3 Å². The molecule has 1 amide bonds. The van der Waals surface area contributed by atoms with E-state index in [4.69, 9.17) is 9.47 Å². The molecular formula is C14H24N2O3. The van der Waals surface area contributed by atoms with Crippen LogP contribution in [0.25, 0.3) is 0 Å². The zero-order chi connectivity index (χ0) is 13.5. The SMILES string of the molecule is CC(C)CC1NC2(CC2)C(=O)N1CC1COCCO1. The van der Waals surface area contributed by atoms with Gasteiger partial charge >= 0.3 is 0 Å². The third-order valence-electron chi connectivity index (χ3n) is 4.22. The first kappa shape index (κ1) is 13.3. The standard InChI is InChI=1S/C14H24N2O3/c1-10(2)7-12-15-14(3-4-14)13(17)16(12)8-11-9-18-5-6-19-11/h10-12,15H,3-9H2,1-2H3. The van der Waals surface area contributed by atoms with Gasteiger partial charge in [0.05, 0.1) is 44.2 Å². The van der Waals surface area contributed by atoms with Crippen molar-refractivity contribution < 1.29 is 14.3 Å². The lowest BCUT2D eigenvalue weighted by Crippen LogP contribution is -2.46. The van der Waals surface area contributed by atoms with Crippen molar-refractivity contribution in [2.24, 2.45) is 5.92 Å². The first-order valence-corrected chi connectivity index (χ1v) is 7.39. The zero-order valence-electron chi connectivity index (χ0n) is 11.9. The molecule has 1 N–H and O–H groups in total. The van der Waals surface area contributed by atoms with Crippen molar-refractivity contribution >= 4 is 5.91 Å². The van der Waals surface area contributed by atoms with Crippen LogP contribution in [-0.4, -0.2) is 55.0 Å². The normalized spacial score (nSPS) is 33.4. The fourth-order valence-corrected chi connectivity index (χ4v) is 3.06. The van der Waals surface area contributed by atoms with E-state index in [0.29, 0.717) is 32.3 Å². The molecule has 2 atom stereocenters.